The van der Waals surface area contributed by atoms with Crippen LogP contribution < -0.4 is 5.73 Å². The number of aromatic amines is 2. The van der Waals surface area contributed by atoms with Crippen LogP contribution in [-0.4, -0.2) is 19.9 Å². The molecule has 0 bridgehead atoms. The number of imidazole rings is 2. The minimum absolute atomic E-state index is 0.215. The molecule has 0 saturated heterocycles. The molecule has 0 unspecified atom stereocenters. The molecule has 0 radical (unpaired) electrons. The van der Waals surface area contributed by atoms with Gasteiger partial charge in [0.1, 0.15) is 11.6 Å². The normalized spacial score (nSPS) is 16.9. The number of fused-ring (bicyclic) bond motifs is 1. The lowest BCUT2D eigenvalue weighted by molar-refractivity contribution is 0.685. The average molecular weight is 253 g/mol. The van der Waals surface area contributed by atoms with Gasteiger partial charge in [-0.25, -0.2) is 9.97 Å². The first-order chi connectivity index (χ1) is 9.14. The smallest absolute Gasteiger partial charge is 0.126 e. The van der Waals surface area contributed by atoms with Gasteiger partial charge in [-0.05, 0) is 31.9 Å². The van der Waals surface area contributed by atoms with Crippen molar-refractivity contribution in [3.63, 3.8) is 0 Å². The monoisotopic (exact) mass is 253 g/mol. The maximum absolute atomic E-state index is 6.14. The molecule has 2 heterocycles. The van der Waals surface area contributed by atoms with Gasteiger partial charge in [-0.15, -0.1) is 0 Å². The van der Waals surface area contributed by atoms with Gasteiger partial charge in [-0.2, -0.15) is 0 Å². The molecule has 5 heteroatoms. The molecule has 0 spiro atoms. The Bertz CT molecular complexity index is 763. The van der Waals surface area contributed by atoms with E-state index in [-0.39, 0.29) is 5.54 Å². The predicted octanol–water partition coefficient (Wildman–Crippen LogP) is 2.21. The van der Waals surface area contributed by atoms with Crippen LogP contribution in [0.1, 0.15) is 24.5 Å². The molecule has 2 aromatic heterocycles. The number of aryl methyl sites for hydroxylation is 1. The van der Waals surface area contributed by atoms with Gasteiger partial charge in [0.2, 0.25) is 0 Å². The summed E-state index contributed by atoms with van der Waals surface area (Å²) in [4.78, 5) is 15.4. The van der Waals surface area contributed by atoms with Crippen LogP contribution >= 0.6 is 0 Å². The first-order valence-electron chi connectivity index (χ1n) is 6.45. The fourth-order valence-electron chi connectivity index (χ4n) is 2.40. The van der Waals surface area contributed by atoms with Crippen molar-refractivity contribution in [3.8, 4) is 11.3 Å². The van der Waals surface area contributed by atoms with Gasteiger partial charge in [-0.1, -0.05) is 6.07 Å². The second-order valence-electron chi connectivity index (χ2n) is 5.36. The Kier molecular flexibility index (Phi) is 1.95. The third-order valence-corrected chi connectivity index (χ3v) is 3.75. The van der Waals surface area contributed by atoms with Crippen LogP contribution in [0.4, 0.5) is 0 Å². The minimum Gasteiger partial charge on any atom is -0.342 e. The fourth-order valence-corrected chi connectivity index (χ4v) is 2.40. The molecule has 4 rings (SSSR count). The van der Waals surface area contributed by atoms with Crippen LogP contribution in [0.3, 0.4) is 0 Å². The average Bonchev–Trinajstić information content (AvgIpc) is 2.85. The quantitative estimate of drug-likeness (QED) is 0.654. The molecule has 1 fully saturated rings. The van der Waals surface area contributed by atoms with Crippen LogP contribution in [-0.2, 0) is 5.54 Å². The van der Waals surface area contributed by atoms with Gasteiger partial charge in [0.05, 0.1) is 28.5 Å². The SMILES string of the molecule is Cc1nc2ccc(-c3cnc(C4(N)CC4)[nH]3)cc2[nH]1. The summed E-state index contributed by atoms with van der Waals surface area (Å²) < 4.78 is 0. The summed E-state index contributed by atoms with van der Waals surface area (Å²) in [5, 5.41) is 0. The zero-order chi connectivity index (χ0) is 13.0. The van der Waals surface area contributed by atoms with Crippen molar-refractivity contribution < 1.29 is 0 Å². The molecule has 96 valence electrons. The van der Waals surface area contributed by atoms with Crippen molar-refractivity contribution in [2.75, 3.05) is 0 Å². The largest absolute Gasteiger partial charge is 0.342 e. The van der Waals surface area contributed by atoms with Crippen LogP contribution in [0.5, 0.6) is 0 Å². The number of benzene rings is 1. The van der Waals surface area contributed by atoms with Gasteiger partial charge in [0.15, 0.2) is 0 Å². The molecule has 1 aliphatic carbocycles. The lowest BCUT2D eigenvalue weighted by atomic mass is 10.1. The second-order valence-corrected chi connectivity index (χ2v) is 5.36. The summed E-state index contributed by atoms with van der Waals surface area (Å²) in [7, 11) is 0. The van der Waals surface area contributed by atoms with E-state index in [9.17, 15) is 0 Å². The first-order valence-corrected chi connectivity index (χ1v) is 6.45. The van der Waals surface area contributed by atoms with E-state index in [0.717, 1.165) is 46.8 Å². The molecule has 5 nitrogen and oxygen atoms in total. The Morgan fingerprint density at radius 1 is 1.26 bits per heavy atom. The van der Waals surface area contributed by atoms with Gasteiger partial charge in [-0.3, -0.25) is 0 Å². The second kappa shape index (κ2) is 3.45. The highest BCUT2D eigenvalue weighted by atomic mass is 15.0. The van der Waals surface area contributed by atoms with Crippen LogP contribution in [0.25, 0.3) is 22.3 Å². The lowest BCUT2D eigenvalue weighted by Crippen LogP contribution is -2.20. The zero-order valence-electron chi connectivity index (χ0n) is 10.7. The number of nitrogens with two attached hydrogens (primary N) is 1. The number of hydrogen-bond donors (Lipinski definition) is 3. The number of rotatable bonds is 2. The zero-order valence-corrected chi connectivity index (χ0v) is 10.7. The Labute approximate surface area is 110 Å². The summed E-state index contributed by atoms with van der Waals surface area (Å²) >= 11 is 0. The van der Waals surface area contributed by atoms with Crippen molar-refractivity contribution in [1.82, 2.24) is 19.9 Å². The number of hydrogen-bond acceptors (Lipinski definition) is 3. The van der Waals surface area contributed by atoms with Gasteiger partial charge >= 0.3 is 0 Å². The highest BCUT2D eigenvalue weighted by Crippen LogP contribution is 2.41. The summed E-state index contributed by atoms with van der Waals surface area (Å²) in [6, 6.07) is 6.16. The molecule has 4 N–H and O–H groups in total. The van der Waals surface area contributed by atoms with Crippen molar-refractivity contribution in [2.45, 2.75) is 25.3 Å². The maximum Gasteiger partial charge on any atom is 0.126 e. The molecule has 1 aromatic carbocycles. The summed E-state index contributed by atoms with van der Waals surface area (Å²) in [5.74, 6) is 1.82. The predicted molar refractivity (Wildman–Crippen MR) is 73.5 cm³/mol. The molecular formula is C14H15N5. The van der Waals surface area contributed by atoms with Crippen molar-refractivity contribution in [2.24, 2.45) is 5.73 Å². The Morgan fingerprint density at radius 3 is 2.89 bits per heavy atom. The van der Waals surface area contributed by atoms with E-state index >= 15 is 0 Å². The number of aromatic nitrogens is 4. The maximum atomic E-state index is 6.14. The van der Waals surface area contributed by atoms with E-state index in [1.165, 1.54) is 0 Å². The first kappa shape index (κ1) is 10.8. The van der Waals surface area contributed by atoms with Crippen molar-refractivity contribution >= 4 is 11.0 Å². The lowest BCUT2D eigenvalue weighted by Gasteiger charge is -2.03. The summed E-state index contributed by atoms with van der Waals surface area (Å²) in [6.07, 6.45) is 3.88. The highest BCUT2D eigenvalue weighted by Gasteiger charge is 2.42. The molecule has 0 atom stereocenters. The van der Waals surface area contributed by atoms with Crippen LogP contribution in [0, 0.1) is 6.92 Å². The Morgan fingerprint density at radius 2 is 2.11 bits per heavy atom. The van der Waals surface area contributed by atoms with Crippen LogP contribution in [0.2, 0.25) is 0 Å². The molecule has 1 aliphatic rings. The summed E-state index contributed by atoms with van der Waals surface area (Å²) in [5.41, 5.74) is 10.1. The highest BCUT2D eigenvalue weighted by molar-refractivity contribution is 5.81. The molecule has 0 amide bonds. The molecule has 19 heavy (non-hydrogen) atoms. The van der Waals surface area contributed by atoms with E-state index in [4.69, 9.17) is 5.73 Å². The summed E-state index contributed by atoms with van der Waals surface area (Å²) in [6.45, 7) is 1.96. The van der Waals surface area contributed by atoms with Gasteiger partial charge < -0.3 is 15.7 Å². The third kappa shape index (κ3) is 1.66. The van der Waals surface area contributed by atoms with Crippen molar-refractivity contribution in [1.29, 1.82) is 0 Å². The molecular weight excluding hydrogens is 238 g/mol. The van der Waals surface area contributed by atoms with E-state index < -0.39 is 0 Å². The minimum atomic E-state index is -0.215. The molecule has 1 saturated carbocycles. The molecule has 3 aromatic rings. The van der Waals surface area contributed by atoms with Crippen molar-refractivity contribution in [3.05, 3.63) is 36.0 Å². The van der Waals surface area contributed by atoms with Gasteiger partial charge in [0, 0.05) is 5.56 Å². The topological polar surface area (TPSA) is 83.4 Å². The molecule has 0 aliphatic heterocycles. The Balaban J connectivity index is 1.78. The third-order valence-electron chi connectivity index (χ3n) is 3.75. The Hall–Kier alpha value is -2.14. The standard InChI is InChI=1S/C14H15N5/c1-8-17-10-3-2-9(6-11(10)18-8)12-7-16-13(19-12)14(15)4-5-14/h2-3,6-7H,4-5,15H2,1H3,(H,16,19)(H,17,18). The number of nitrogens with zero attached hydrogens (tertiary/aromatic N) is 2. The van der Waals surface area contributed by atoms with Gasteiger partial charge in [0.25, 0.3) is 0 Å². The van der Waals surface area contributed by atoms with E-state index in [1.807, 2.05) is 19.2 Å². The fraction of sp³-hybridized carbons (Fsp3) is 0.286. The number of H-pyrrole nitrogens is 2. The number of nitrogens with one attached hydrogen (secondary N) is 2. The van der Waals surface area contributed by atoms with E-state index in [0.29, 0.717) is 0 Å². The van der Waals surface area contributed by atoms with E-state index in [1.54, 1.807) is 0 Å². The van der Waals surface area contributed by atoms with Crippen LogP contribution in [0.15, 0.2) is 24.4 Å². The van der Waals surface area contributed by atoms with E-state index in [2.05, 4.69) is 32.1 Å².